The summed E-state index contributed by atoms with van der Waals surface area (Å²) in [5.41, 5.74) is 2.26. The summed E-state index contributed by atoms with van der Waals surface area (Å²) in [6.07, 6.45) is 1.66. The van der Waals surface area contributed by atoms with E-state index in [2.05, 4.69) is 15.9 Å². The van der Waals surface area contributed by atoms with Crippen LogP contribution in [0.4, 0.5) is 0 Å². The zero-order chi connectivity index (χ0) is 11.5. The lowest BCUT2D eigenvalue weighted by Gasteiger charge is -2.00. The van der Waals surface area contributed by atoms with Gasteiger partial charge in [0.1, 0.15) is 0 Å². The third kappa shape index (κ3) is 2.73. The molecule has 2 rings (SSSR count). The molecule has 1 aromatic heterocycles. The van der Waals surface area contributed by atoms with Gasteiger partial charge in [0.05, 0.1) is 8.66 Å². The molecule has 0 saturated carbocycles. The number of benzene rings is 1. The fraction of sp³-hybridized carbons (Fsp3) is 0.0833. The predicted octanol–water partition coefficient (Wildman–Crippen LogP) is 4.57. The number of hydrogen-bond acceptors (Lipinski definition) is 2. The molecule has 0 aliphatic rings. The van der Waals surface area contributed by atoms with Crippen molar-refractivity contribution in [2.75, 3.05) is 0 Å². The number of halogens is 2. The Kier molecular flexibility index (Phi) is 3.79. The van der Waals surface area contributed by atoms with Crippen molar-refractivity contribution in [3.63, 3.8) is 0 Å². The van der Waals surface area contributed by atoms with Gasteiger partial charge in [-0.2, -0.15) is 0 Å². The molecule has 1 heterocycles. The lowest BCUT2D eigenvalue weighted by atomic mass is 10.1. The molecular formula is C12H8BrClOS. The largest absolute Gasteiger partial charge is 0.297 e. The Balaban J connectivity index is 2.26. The van der Waals surface area contributed by atoms with Crippen LogP contribution in [0.2, 0.25) is 5.02 Å². The molecule has 2 aromatic rings. The van der Waals surface area contributed by atoms with Crippen molar-refractivity contribution in [2.24, 2.45) is 0 Å². The molecule has 0 aliphatic heterocycles. The van der Waals surface area contributed by atoms with Crippen molar-refractivity contribution >= 4 is 45.2 Å². The highest BCUT2D eigenvalue weighted by Crippen LogP contribution is 2.29. The van der Waals surface area contributed by atoms with Gasteiger partial charge in [0.25, 0.3) is 0 Å². The Labute approximate surface area is 111 Å². The molecule has 0 radical (unpaired) electrons. The third-order valence-electron chi connectivity index (χ3n) is 2.18. The Bertz CT molecular complexity index is 521. The minimum absolute atomic E-state index is 0.736. The molecule has 82 valence electrons. The van der Waals surface area contributed by atoms with E-state index in [4.69, 9.17) is 11.6 Å². The van der Waals surface area contributed by atoms with Crippen LogP contribution in [0.15, 0.2) is 34.1 Å². The number of rotatable bonds is 3. The van der Waals surface area contributed by atoms with E-state index in [0.717, 1.165) is 37.5 Å². The molecule has 0 aliphatic carbocycles. The second-order valence-corrected chi connectivity index (χ2v) is 6.21. The van der Waals surface area contributed by atoms with Gasteiger partial charge in [-0.1, -0.05) is 23.7 Å². The van der Waals surface area contributed by atoms with Crippen molar-refractivity contribution < 1.29 is 4.79 Å². The molecule has 16 heavy (non-hydrogen) atoms. The van der Waals surface area contributed by atoms with Crippen LogP contribution < -0.4 is 0 Å². The van der Waals surface area contributed by atoms with E-state index < -0.39 is 0 Å². The Hall–Kier alpha value is -0.640. The Morgan fingerprint density at radius 1 is 1.38 bits per heavy atom. The van der Waals surface area contributed by atoms with Crippen molar-refractivity contribution in [1.82, 2.24) is 0 Å². The predicted molar refractivity (Wildman–Crippen MR) is 71.7 cm³/mol. The fourth-order valence-corrected chi connectivity index (χ4v) is 3.22. The molecule has 4 heteroatoms. The first-order chi connectivity index (χ1) is 7.69. The van der Waals surface area contributed by atoms with Gasteiger partial charge in [-0.05, 0) is 51.7 Å². The maximum absolute atomic E-state index is 10.6. The van der Waals surface area contributed by atoms with E-state index in [9.17, 15) is 4.79 Å². The second kappa shape index (κ2) is 5.13. The van der Waals surface area contributed by atoms with E-state index in [1.54, 1.807) is 0 Å². The van der Waals surface area contributed by atoms with Gasteiger partial charge in [-0.3, -0.25) is 4.79 Å². The smallest absolute Gasteiger partial charge is 0.160 e. The summed E-state index contributed by atoms with van der Waals surface area (Å²) in [7, 11) is 0. The normalized spacial score (nSPS) is 10.4. The van der Waals surface area contributed by atoms with Crippen LogP contribution in [0.1, 0.15) is 20.8 Å². The highest BCUT2D eigenvalue weighted by Gasteiger charge is 2.07. The minimum Gasteiger partial charge on any atom is -0.297 e. The second-order valence-electron chi connectivity index (χ2n) is 3.37. The summed E-state index contributed by atoms with van der Waals surface area (Å²) in [6, 6.07) is 9.65. The number of carbonyl (C=O) groups is 1. The van der Waals surface area contributed by atoms with Crippen molar-refractivity contribution in [3.8, 4) is 0 Å². The Morgan fingerprint density at radius 2 is 2.19 bits per heavy atom. The zero-order valence-corrected chi connectivity index (χ0v) is 11.4. The molecular weight excluding hydrogens is 308 g/mol. The zero-order valence-electron chi connectivity index (χ0n) is 8.24. The van der Waals surface area contributed by atoms with E-state index in [1.165, 1.54) is 11.3 Å². The van der Waals surface area contributed by atoms with Crippen molar-refractivity contribution in [3.05, 3.63) is 55.1 Å². The van der Waals surface area contributed by atoms with Crippen LogP contribution in [0.5, 0.6) is 0 Å². The number of thiophene rings is 1. The standard InChI is InChI=1S/C12H8BrClOS/c13-12-9(6-11(7-15)16-12)4-8-2-1-3-10(14)5-8/h1-3,5-7H,4H2. The Morgan fingerprint density at radius 3 is 2.81 bits per heavy atom. The molecule has 0 bridgehead atoms. The number of aldehydes is 1. The maximum Gasteiger partial charge on any atom is 0.160 e. The fourth-order valence-electron chi connectivity index (χ4n) is 1.47. The SMILES string of the molecule is O=Cc1cc(Cc2cccc(Cl)c2)c(Br)s1. The van der Waals surface area contributed by atoms with Crippen molar-refractivity contribution in [2.45, 2.75) is 6.42 Å². The summed E-state index contributed by atoms with van der Waals surface area (Å²) < 4.78 is 1.01. The minimum atomic E-state index is 0.736. The number of hydrogen-bond donors (Lipinski definition) is 0. The molecule has 0 unspecified atom stereocenters. The van der Waals surface area contributed by atoms with E-state index in [1.807, 2.05) is 30.3 Å². The highest BCUT2D eigenvalue weighted by molar-refractivity contribution is 9.11. The quantitative estimate of drug-likeness (QED) is 0.758. The van der Waals surface area contributed by atoms with Gasteiger partial charge >= 0.3 is 0 Å². The lowest BCUT2D eigenvalue weighted by Crippen LogP contribution is -1.86. The molecule has 0 amide bonds. The topological polar surface area (TPSA) is 17.1 Å². The summed E-state index contributed by atoms with van der Waals surface area (Å²) in [6.45, 7) is 0. The van der Waals surface area contributed by atoms with Crippen LogP contribution in [-0.4, -0.2) is 6.29 Å². The van der Waals surface area contributed by atoms with Crippen LogP contribution in [-0.2, 0) is 6.42 Å². The van der Waals surface area contributed by atoms with Gasteiger partial charge in [-0.15, -0.1) is 11.3 Å². The highest BCUT2D eigenvalue weighted by atomic mass is 79.9. The average molecular weight is 316 g/mol. The van der Waals surface area contributed by atoms with Gasteiger partial charge in [-0.25, -0.2) is 0 Å². The molecule has 1 nitrogen and oxygen atoms in total. The molecule has 0 fully saturated rings. The molecule has 0 atom stereocenters. The van der Waals surface area contributed by atoms with Crippen LogP contribution in [0.3, 0.4) is 0 Å². The van der Waals surface area contributed by atoms with Gasteiger partial charge < -0.3 is 0 Å². The maximum atomic E-state index is 10.6. The summed E-state index contributed by atoms with van der Waals surface area (Å²) >= 11 is 10.8. The van der Waals surface area contributed by atoms with Gasteiger partial charge in [0, 0.05) is 5.02 Å². The summed E-state index contributed by atoms with van der Waals surface area (Å²) in [5.74, 6) is 0. The number of carbonyl (C=O) groups excluding carboxylic acids is 1. The molecule has 0 saturated heterocycles. The lowest BCUT2D eigenvalue weighted by molar-refractivity contribution is 0.112. The van der Waals surface area contributed by atoms with Crippen LogP contribution in [0.25, 0.3) is 0 Å². The van der Waals surface area contributed by atoms with E-state index in [0.29, 0.717) is 0 Å². The average Bonchev–Trinajstić information content (AvgIpc) is 2.60. The van der Waals surface area contributed by atoms with Crippen LogP contribution >= 0.6 is 38.9 Å². The first-order valence-electron chi connectivity index (χ1n) is 4.67. The molecule has 0 N–H and O–H groups in total. The van der Waals surface area contributed by atoms with Crippen molar-refractivity contribution in [1.29, 1.82) is 0 Å². The van der Waals surface area contributed by atoms with E-state index in [-0.39, 0.29) is 0 Å². The first-order valence-corrected chi connectivity index (χ1v) is 6.65. The van der Waals surface area contributed by atoms with Gasteiger partial charge in [0.15, 0.2) is 6.29 Å². The molecule has 1 aromatic carbocycles. The first kappa shape index (κ1) is 11.8. The summed E-state index contributed by atoms with van der Waals surface area (Å²) in [5, 5.41) is 0.736. The molecule has 0 spiro atoms. The van der Waals surface area contributed by atoms with E-state index >= 15 is 0 Å². The van der Waals surface area contributed by atoms with Crippen LogP contribution in [0, 0.1) is 0 Å². The van der Waals surface area contributed by atoms with Gasteiger partial charge in [0.2, 0.25) is 0 Å². The monoisotopic (exact) mass is 314 g/mol. The third-order valence-corrected chi connectivity index (χ3v) is 4.30. The summed E-state index contributed by atoms with van der Waals surface area (Å²) in [4.78, 5) is 11.4.